The van der Waals surface area contributed by atoms with Gasteiger partial charge in [-0.3, -0.25) is 4.79 Å². The quantitative estimate of drug-likeness (QED) is 0.498. The molecule has 0 aliphatic rings. The third-order valence-corrected chi connectivity index (χ3v) is 6.01. The van der Waals surface area contributed by atoms with Crippen LogP contribution in [0, 0.1) is 19.7 Å². The van der Waals surface area contributed by atoms with Crippen LogP contribution in [0.2, 0.25) is 0 Å². The number of hydrogen-bond acceptors (Lipinski definition) is 6. The van der Waals surface area contributed by atoms with Crippen LogP contribution < -0.4 is 5.32 Å². The van der Waals surface area contributed by atoms with Crippen LogP contribution in [-0.4, -0.2) is 25.7 Å². The summed E-state index contributed by atoms with van der Waals surface area (Å²) in [6, 6.07) is 6.60. The number of nitrogens with one attached hydrogen (secondary N) is 1. The summed E-state index contributed by atoms with van der Waals surface area (Å²) in [5.41, 5.74) is 4.46. The molecule has 148 valence electrons. The molecule has 3 heterocycles. The maximum Gasteiger partial charge on any atom is 0.232 e. The van der Waals surface area contributed by atoms with Gasteiger partial charge in [0.15, 0.2) is 5.13 Å². The van der Waals surface area contributed by atoms with E-state index in [1.807, 2.05) is 25.3 Å². The largest absolute Gasteiger partial charge is 0.302 e. The summed E-state index contributed by atoms with van der Waals surface area (Å²) in [6.07, 6.45) is 2.42. The normalized spacial score (nSPS) is 11.0. The summed E-state index contributed by atoms with van der Waals surface area (Å²) < 4.78 is 15.3. The smallest absolute Gasteiger partial charge is 0.232 e. The highest BCUT2D eigenvalue weighted by Gasteiger charge is 2.17. The SMILES string of the molecule is Cc1nn(-c2nc(CC(=O)Nc3nccs3)cs2)c(C)c1Cc1cccc(F)c1. The zero-order valence-electron chi connectivity index (χ0n) is 15.8. The van der Waals surface area contributed by atoms with Crippen molar-refractivity contribution in [1.82, 2.24) is 19.7 Å². The average molecular weight is 428 g/mol. The van der Waals surface area contributed by atoms with Crippen molar-refractivity contribution in [1.29, 1.82) is 0 Å². The third kappa shape index (κ3) is 4.41. The first kappa shape index (κ1) is 19.4. The highest BCUT2D eigenvalue weighted by molar-refractivity contribution is 7.13. The number of carbonyl (C=O) groups is 1. The van der Waals surface area contributed by atoms with Gasteiger partial charge in [-0.15, -0.1) is 22.7 Å². The summed E-state index contributed by atoms with van der Waals surface area (Å²) in [4.78, 5) is 20.8. The average Bonchev–Trinajstić information content (AvgIpc) is 3.40. The molecule has 0 aliphatic carbocycles. The monoisotopic (exact) mass is 427 g/mol. The molecule has 0 saturated carbocycles. The predicted octanol–water partition coefficient (Wildman–Crippen LogP) is 4.31. The van der Waals surface area contributed by atoms with Gasteiger partial charge in [-0.1, -0.05) is 12.1 Å². The van der Waals surface area contributed by atoms with Gasteiger partial charge < -0.3 is 5.32 Å². The van der Waals surface area contributed by atoms with E-state index in [-0.39, 0.29) is 18.1 Å². The van der Waals surface area contributed by atoms with Gasteiger partial charge in [-0.25, -0.2) is 19.0 Å². The Kier molecular flexibility index (Phi) is 5.50. The van der Waals surface area contributed by atoms with Gasteiger partial charge in [0.05, 0.1) is 17.8 Å². The maximum atomic E-state index is 13.5. The summed E-state index contributed by atoms with van der Waals surface area (Å²) in [6.45, 7) is 3.92. The van der Waals surface area contributed by atoms with Crippen LogP contribution in [0.5, 0.6) is 0 Å². The van der Waals surface area contributed by atoms with E-state index in [0.29, 0.717) is 22.4 Å². The van der Waals surface area contributed by atoms with Crippen molar-refractivity contribution in [3.05, 3.63) is 75.2 Å². The first-order chi connectivity index (χ1) is 14.0. The Hall–Kier alpha value is -2.91. The van der Waals surface area contributed by atoms with Crippen molar-refractivity contribution in [3.63, 3.8) is 0 Å². The Morgan fingerprint density at radius 3 is 2.90 bits per heavy atom. The summed E-state index contributed by atoms with van der Waals surface area (Å²) >= 11 is 2.81. The van der Waals surface area contributed by atoms with E-state index in [4.69, 9.17) is 0 Å². The van der Waals surface area contributed by atoms with Crippen molar-refractivity contribution < 1.29 is 9.18 Å². The standard InChI is InChI=1S/C20H18FN5OS2/c1-12-17(9-14-4-3-5-15(21)8-14)13(2)26(25-12)20-23-16(11-29-20)10-18(27)24-19-22-6-7-28-19/h3-8,11H,9-10H2,1-2H3,(H,22,24,27). The lowest BCUT2D eigenvalue weighted by Gasteiger charge is -2.04. The molecule has 1 N–H and O–H groups in total. The second-order valence-corrected chi connectivity index (χ2v) is 8.28. The van der Waals surface area contributed by atoms with Gasteiger partial charge in [0.2, 0.25) is 11.0 Å². The number of nitrogens with zero attached hydrogens (tertiary/aromatic N) is 4. The van der Waals surface area contributed by atoms with Crippen LogP contribution >= 0.6 is 22.7 Å². The molecular formula is C20H18FN5OS2. The Balaban J connectivity index is 1.51. The predicted molar refractivity (Wildman–Crippen MR) is 112 cm³/mol. The van der Waals surface area contributed by atoms with Crippen LogP contribution in [0.3, 0.4) is 0 Å². The number of benzene rings is 1. The van der Waals surface area contributed by atoms with Gasteiger partial charge in [0.1, 0.15) is 5.82 Å². The van der Waals surface area contributed by atoms with Crippen molar-refractivity contribution in [2.75, 3.05) is 5.32 Å². The lowest BCUT2D eigenvalue weighted by Crippen LogP contribution is -2.14. The molecule has 4 rings (SSSR count). The van der Waals surface area contributed by atoms with Crippen LogP contribution in [-0.2, 0) is 17.6 Å². The van der Waals surface area contributed by atoms with E-state index in [9.17, 15) is 9.18 Å². The van der Waals surface area contributed by atoms with Gasteiger partial charge in [-0.2, -0.15) is 5.10 Å². The molecule has 1 amide bonds. The van der Waals surface area contributed by atoms with Crippen molar-refractivity contribution in [3.8, 4) is 5.13 Å². The summed E-state index contributed by atoms with van der Waals surface area (Å²) in [5, 5.41) is 12.3. The minimum atomic E-state index is -0.245. The Bertz CT molecular complexity index is 1150. The fourth-order valence-electron chi connectivity index (χ4n) is 3.06. The fraction of sp³-hybridized carbons (Fsp3) is 0.200. The molecule has 0 unspecified atom stereocenters. The molecule has 0 spiro atoms. The van der Waals surface area contributed by atoms with Gasteiger partial charge in [-0.05, 0) is 31.5 Å². The molecule has 9 heteroatoms. The second-order valence-electron chi connectivity index (χ2n) is 6.55. The van der Waals surface area contributed by atoms with E-state index < -0.39 is 0 Å². The minimum Gasteiger partial charge on any atom is -0.302 e. The molecule has 29 heavy (non-hydrogen) atoms. The number of halogens is 1. The zero-order chi connectivity index (χ0) is 20.4. The fourth-order valence-corrected chi connectivity index (χ4v) is 4.43. The Morgan fingerprint density at radius 2 is 2.14 bits per heavy atom. The number of hydrogen-bond donors (Lipinski definition) is 1. The van der Waals surface area contributed by atoms with Crippen molar-refractivity contribution in [2.24, 2.45) is 0 Å². The van der Waals surface area contributed by atoms with Gasteiger partial charge >= 0.3 is 0 Å². The summed E-state index contributed by atoms with van der Waals surface area (Å²) in [7, 11) is 0. The molecule has 0 bridgehead atoms. The topological polar surface area (TPSA) is 72.7 Å². The highest BCUT2D eigenvalue weighted by atomic mass is 32.1. The number of thiazole rings is 2. The van der Waals surface area contributed by atoms with Crippen LogP contribution in [0.4, 0.5) is 9.52 Å². The molecule has 0 radical (unpaired) electrons. The number of amides is 1. The van der Waals surface area contributed by atoms with Gasteiger partial charge in [0, 0.05) is 34.6 Å². The Morgan fingerprint density at radius 1 is 1.28 bits per heavy atom. The number of aryl methyl sites for hydroxylation is 1. The molecule has 3 aromatic heterocycles. The number of rotatable bonds is 6. The van der Waals surface area contributed by atoms with Crippen LogP contribution in [0.15, 0.2) is 41.2 Å². The highest BCUT2D eigenvalue weighted by Crippen LogP contribution is 2.23. The second kappa shape index (κ2) is 8.22. The van der Waals surface area contributed by atoms with Crippen LogP contribution in [0.1, 0.15) is 28.2 Å². The summed E-state index contributed by atoms with van der Waals surface area (Å²) in [5.74, 6) is -0.400. The van der Waals surface area contributed by atoms with E-state index in [1.165, 1.54) is 28.7 Å². The number of aromatic nitrogens is 4. The number of anilines is 1. The van der Waals surface area contributed by atoms with E-state index in [0.717, 1.165) is 22.5 Å². The minimum absolute atomic E-state index is 0.156. The molecule has 4 aromatic rings. The molecule has 0 saturated heterocycles. The van der Waals surface area contributed by atoms with Crippen molar-refractivity contribution >= 4 is 33.7 Å². The van der Waals surface area contributed by atoms with E-state index in [2.05, 4.69) is 20.4 Å². The first-order valence-electron chi connectivity index (χ1n) is 8.93. The molecule has 0 fully saturated rings. The molecule has 0 atom stereocenters. The lowest BCUT2D eigenvalue weighted by molar-refractivity contribution is -0.115. The third-order valence-electron chi connectivity index (χ3n) is 4.45. The zero-order valence-corrected chi connectivity index (χ0v) is 17.5. The number of carbonyl (C=O) groups excluding carboxylic acids is 1. The van der Waals surface area contributed by atoms with Gasteiger partial charge in [0.25, 0.3) is 0 Å². The van der Waals surface area contributed by atoms with Crippen molar-refractivity contribution in [2.45, 2.75) is 26.7 Å². The molecule has 1 aromatic carbocycles. The first-order valence-corrected chi connectivity index (χ1v) is 10.7. The van der Waals surface area contributed by atoms with E-state index in [1.54, 1.807) is 28.4 Å². The molecule has 0 aliphatic heterocycles. The molecular weight excluding hydrogens is 409 g/mol. The lowest BCUT2D eigenvalue weighted by atomic mass is 10.0. The Labute approximate surface area is 175 Å². The van der Waals surface area contributed by atoms with E-state index >= 15 is 0 Å². The van der Waals surface area contributed by atoms with Crippen LogP contribution in [0.25, 0.3) is 5.13 Å². The maximum absolute atomic E-state index is 13.5. The molecule has 6 nitrogen and oxygen atoms in total.